The quantitative estimate of drug-likeness (QED) is 0.756. The van der Waals surface area contributed by atoms with E-state index in [1.165, 1.54) is 4.31 Å². The second-order valence-corrected chi connectivity index (χ2v) is 8.17. The van der Waals surface area contributed by atoms with E-state index in [9.17, 15) is 8.42 Å². The van der Waals surface area contributed by atoms with Gasteiger partial charge in [0, 0.05) is 31.0 Å². The Morgan fingerprint density at radius 3 is 2.40 bits per heavy atom. The van der Waals surface area contributed by atoms with Gasteiger partial charge in [-0.15, -0.1) is 11.6 Å². The van der Waals surface area contributed by atoms with Gasteiger partial charge in [-0.1, -0.05) is 0 Å². The van der Waals surface area contributed by atoms with Crippen molar-refractivity contribution in [1.82, 2.24) is 8.87 Å². The second-order valence-electron chi connectivity index (χ2n) is 5.90. The molecule has 1 atom stereocenters. The highest BCUT2D eigenvalue weighted by atomic mass is 35.5. The number of hydrogen-bond acceptors (Lipinski definition) is 2. The van der Waals surface area contributed by atoms with Gasteiger partial charge in [-0.05, 0) is 45.6 Å². The summed E-state index contributed by atoms with van der Waals surface area (Å²) in [6, 6.07) is 1.94. The number of halogens is 1. The molecular weight excluding hydrogens is 296 g/mol. The van der Waals surface area contributed by atoms with Crippen LogP contribution in [0, 0.1) is 5.92 Å². The van der Waals surface area contributed by atoms with E-state index in [0.29, 0.717) is 16.7 Å². The largest absolute Gasteiger partial charge is 0.346 e. The van der Waals surface area contributed by atoms with Gasteiger partial charge in [0.1, 0.15) is 4.90 Å². The fourth-order valence-electron chi connectivity index (χ4n) is 2.49. The third-order valence-corrected chi connectivity index (χ3v) is 6.34. The van der Waals surface area contributed by atoms with E-state index >= 15 is 0 Å². The third-order valence-electron chi connectivity index (χ3n) is 4.15. The molecule has 0 N–H and O–H groups in total. The first-order valence-electron chi connectivity index (χ1n) is 7.03. The van der Waals surface area contributed by atoms with E-state index in [1.54, 1.807) is 19.3 Å². The summed E-state index contributed by atoms with van der Waals surface area (Å²) in [5.74, 6) is 0.824. The molecule has 1 heterocycles. The van der Waals surface area contributed by atoms with Crippen molar-refractivity contribution in [3.05, 3.63) is 18.0 Å². The van der Waals surface area contributed by atoms with E-state index in [0.717, 1.165) is 18.5 Å². The number of rotatable bonds is 6. The van der Waals surface area contributed by atoms with Crippen LogP contribution in [0.5, 0.6) is 0 Å². The van der Waals surface area contributed by atoms with Crippen LogP contribution in [-0.4, -0.2) is 30.4 Å². The molecule has 0 saturated heterocycles. The molecule has 20 heavy (non-hydrogen) atoms. The topological polar surface area (TPSA) is 42.3 Å². The van der Waals surface area contributed by atoms with E-state index in [1.807, 2.05) is 25.3 Å². The summed E-state index contributed by atoms with van der Waals surface area (Å²) >= 11 is 5.91. The van der Waals surface area contributed by atoms with Crippen LogP contribution in [0.2, 0.25) is 0 Å². The lowest BCUT2D eigenvalue weighted by atomic mass is 10.2. The number of sulfonamides is 1. The fraction of sp³-hybridized carbons (Fsp3) is 0.714. The standard InChI is InChI=1S/C14H23ClN2O2S/c1-10(2)17-9-14(7-13(17)8-15)20(18,19)16(4)11(3)12-5-6-12/h7,9-12H,5-6,8H2,1-4H3. The van der Waals surface area contributed by atoms with Crippen molar-refractivity contribution in [3.63, 3.8) is 0 Å². The van der Waals surface area contributed by atoms with Crippen molar-refractivity contribution in [2.45, 2.75) is 56.5 Å². The van der Waals surface area contributed by atoms with E-state index in [-0.39, 0.29) is 12.1 Å². The van der Waals surface area contributed by atoms with Crippen molar-refractivity contribution in [2.75, 3.05) is 7.05 Å². The van der Waals surface area contributed by atoms with Gasteiger partial charge in [0.15, 0.2) is 0 Å². The first-order valence-corrected chi connectivity index (χ1v) is 9.01. The van der Waals surface area contributed by atoms with Gasteiger partial charge in [-0.2, -0.15) is 4.31 Å². The maximum Gasteiger partial charge on any atom is 0.244 e. The van der Waals surface area contributed by atoms with Gasteiger partial charge in [0.2, 0.25) is 10.0 Å². The average Bonchev–Trinajstić information content (AvgIpc) is 3.14. The SMILES string of the molecule is CC(C1CC1)N(C)S(=O)(=O)c1cc(CCl)n(C(C)C)c1. The zero-order chi connectivity index (χ0) is 15.1. The predicted molar refractivity (Wildman–Crippen MR) is 81.5 cm³/mol. The molecule has 114 valence electrons. The lowest BCUT2D eigenvalue weighted by Gasteiger charge is -2.23. The summed E-state index contributed by atoms with van der Waals surface area (Å²) in [4.78, 5) is 0.344. The molecule has 1 aliphatic carbocycles. The summed E-state index contributed by atoms with van der Waals surface area (Å²) < 4.78 is 28.8. The Bertz CT molecular complexity index is 576. The smallest absolute Gasteiger partial charge is 0.244 e. The second kappa shape index (κ2) is 5.70. The molecule has 0 aromatic carbocycles. The Labute approximate surface area is 126 Å². The molecule has 4 nitrogen and oxygen atoms in total. The van der Waals surface area contributed by atoms with Crippen LogP contribution in [-0.2, 0) is 15.9 Å². The summed E-state index contributed by atoms with van der Waals surface area (Å²) in [5.41, 5.74) is 0.840. The summed E-state index contributed by atoms with van der Waals surface area (Å²) in [5, 5.41) is 0. The normalized spacial score (nSPS) is 17.9. The van der Waals surface area contributed by atoms with E-state index < -0.39 is 10.0 Å². The Kier molecular flexibility index (Phi) is 4.52. The predicted octanol–water partition coefficient (Wildman–Crippen LogP) is 3.23. The minimum absolute atomic E-state index is 0.0573. The van der Waals surface area contributed by atoms with Crippen molar-refractivity contribution >= 4 is 21.6 Å². The highest BCUT2D eigenvalue weighted by molar-refractivity contribution is 7.89. The van der Waals surface area contributed by atoms with E-state index in [4.69, 9.17) is 11.6 Å². The van der Waals surface area contributed by atoms with Crippen LogP contribution < -0.4 is 0 Å². The molecule has 0 spiro atoms. The van der Waals surface area contributed by atoms with Gasteiger partial charge < -0.3 is 4.57 Å². The highest BCUT2D eigenvalue weighted by Gasteiger charge is 2.36. The zero-order valence-corrected chi connectivity index (χ0v) is 14.1. The molecule has 2 rings (SSSR count). The Morgan fingerprint density at radius 2 is 2.00 bits per heavy atom. The highest BCUT2D eigenvalue weighted by Crippen LogP contribution is 2.36. The molecule has 0 amide bonds. The van der Waals surface area contributed by atoms with Crippen molar-refractivity contribution < 1.29 is 8.42 Å². The maximum atomic E-state index is 12.7. The summed E-state index contributed by atoms with van der Waals surface area (Å²) in [6.45, 7) is 6.02. The Hall–Kier alpha value is -0.520. The molecule has 6 heteroatoms. The number of aromatic nitrogens is 1. The van der Waals surface area contributed by atoms with Crippen molar-refractivity contribution in [2.24, 2.45) is 5.92 Å². The first-order chi connectivity index (χ1) is 9.28. The lowest BCUT2D eigenvalue weighted by molar-refractivity contribution is 0.357. The van der Waals surface area contributed by atoms with Gasteiger partial charge in [-0.25, -0.2) is 8.42 Å². The minimum Gasteiger partial charge on any atom is -0.346 e. The Morgan fingerprint density at radius 1 is 1.40 bits per heavy atom. The molecule has 1 fully saturated rings. The monoisotopic (exact) mass is 318 g/mol. The molecular formula is C14H23ClN2O2S. The van der Waals surface area contributed by atoms with Gasteiger partial charge in [0.05, 0.1) is 5.88 Å². The van der Waals surface area contributed by atoms with Crippen LogP contribution in [0.4, 0.5) is 0 Å². The summed E-state index contributed by atoms with van der Waals surface area (Å²) in [7, 11) is -1.76. The molecule has 1 aromatic heterocycles. The maximum absolute atomic E-state index is 12.7. The third kappa shape index (κ3) is 2.90. The van der Waals surface area contributed by atoms with Gasteiger partial charge in [0.25, 0.3) is 0 Å². The molecule has 1 aliphatic rings. The summed E-state index contributed by atoms with van der Waals surface area (Å²) in [6.07, 6.45) is 3.95. The molecule has 0 bridgehead atoms. The lowest BCUT2D eigenvalue weighted by Crippen LogP contribution is -2.36. The fourth-order valence-corrected chi connectivity index (χ4v) is 4.18. The van der Waals surface area contributed by atoms with Crippen LogP contribution >= 0.6 is 11.6 Å². The van der Waals surface area contributed by atoms with Gasteiger partial charge >= 0.3 is 0 Å². The molecule has 1 unspecified atom stereocenters. The Balaban J connectivity index is 2.33. The minimum atomic E-state index is -3.43. The average molecular weight is 319 g/mol. The van der Waals surface area contributed by atoms with Crippen LogP contribution in [0.25, 0.3) is 0 Å². The number of alkyl halides is 1. The first kappa shape index (κ1) is 15.9. The van der Waals surface area contributed by atoms with Crippen molar-refractivity contribution in [3.8, 4) is 0 Å². The molecule has 0 radical (unpaired) electrons. The molecule has 1 aromatic rings. The number of nitrogens with zero attached hydrogens (tertiary/aromatic N) is 2. The van der Waals surface area contributed by atoms with E-state index in [2.05, 4.69) is 0 Å². The molecule has 0 aliphatic heterocycles. The van der Waals surface area contributed by atoms with Crippen LogP contribution in [0.3, 0.4) is 0 Å². The molecule has 1 saturated carbocycles. The zero-order valence-electron chi connectivity index (χ0n) is 12.5. The van der Waals surface area contributed by atoms with Crippen LogP contribution in [0.1, 0.15) is 45.3 Å². The van der Waals surface area contributed by atoms with Crippen molar-refractivity contribution in [1.29, 1.82) is 0 Å². The van der Waals surface area contributed by atoms with Crippen LogP contribution in [0.15, 0.2) is 17.2 Å². The van der Waals surface area contributed by atoms with Gasteiger partial charge in [-0.3, -0.25) is 0 Å². The number of hydrogen-bond donors (Lipinski definition) is 0.